The Morgan fingerprint density at radius 3 is 2.47 bits per heavy atom. The number of nitriles is 1. The summed E-state index contributed by atoms with van der Waals surface area (Å²) >= 11 is 0. The van der Waals surface area contributed by atoms with Crippen molar-refractivity contribution in [3.05, 3.63) is 70.3 Å². The van der Waals surface area contributed by atoms with Gasteiger partial charge >= 0.3 is 0 Å². The Kier molecular flexibility index (Phi) is 6.21. The Labute approximate surface area is 177 Å². The summed E-state index contributed by atoms with van der Waals surface area (Å²) in [4.78, 5) is 0. The molecule has 30 heavy (non-hydrogen) atoms. The van der Waals surface area contributed by atoms with Crippen LogP contribution in [0.5, 0.6) is 0 Å². The molecule has 3 atom stereocenters. The van der Waals surface area contributed by atoms with Crippen LogP contribution in [0.4, 0.5) is 0 Å². The molecule has 1 aliphatic heterocycles. The number of aliphatic hydroxyl groups excluding tert-OH is 2. The van der Waals surface area contributed by atoms with Crippen LogP contribution in [0.25, 0.3) is 0 Å². The summed E-state index contributed by atoms with van der Waals surface area (Å²) in [5, 5.41) is 39.9. The SMILES string of the molecule is N#Cc1ccc([C@H]2CC(O)C[C@@H](CO)O2)cc1Cc1ccc(C2(O)CCCC2)cc1. The predicted octanol–water partition coefficient (Wildman–Crippen LogP) is 3.48. The van der Waals surface area contributed by atoms with Gasteiger partial charge in [-0.05, 0) is 47.6 Å². The zero-order chi connectivity index (χ0) is 21.1. The van der Waals surface area contributed by atoms with E-state index in [-0.39, 0.29) is 18.8 Å². The molecule has 4 rings (SSSR count). The van der Waals surface area contributed by atoms with Gasteiger partial charge in [-0.2, -0.15) is 5.26 Å². The summed E-state index contributed by atoms with van der Waals surface area (Å²) < 4.78 is 5.93. The first-order valence-corrected chi connectivity index (χ1v) is 10.8. The average Bonchev–Trinajstić information content (AvgIpc) is 3.21. The summed E-state index contributed by atoms with van der Waals surface area (Å²) in [6, 6.07) is 16.0. The molecular formula is C25H29NO4. The van der Waals surface area contributed by atoms with Crippen LogP contribution < -0.4 is 0 Å². The van der Waals surface area contributed by atoms with E-state index >= 15 is 0 Å². The Morgan fingerprint density at radius 2 is 1.80 bits per heavy atom. The molecule has 1 unspecified atom stereocenters. The standard InChI is InChI=1S/C25H29NO4/c26-15-19-6-5-18(24-14-22(28)13-23(16-27)30-24)12-20(19)11-17-3-7-21(8-4-17)25(29)9-1-2-10-25/h3-8,12,22-24,27-29H,1-2,9-11,13-14,16H2/t22?,23-,24+/m0/s1. The van der Waals surface area contributed by atoms with Gasteiger partial charge in [0.25, 0.3) is 0 Å². The van der Waals surface area contributed by atoms with Gasteiger partial charge in [0, 0.05) is 12.8 Å². The number of aliphatic hydroxyl groups is 3. The first kappa shape index (κ1) is 21.0. The van der Waals surface area contributed by atoms with Crippen molar-refractivity contribution < 1.29 is 20.1 Å². The van der Waals surface area contributed by atoms with E-state index in [9.17, 15) is 20.6 Å². The van der Waals surface area contributed by atoms with Gasteiger partial charge in [0.05, 0.1) is 42.2 Å². The maximum absolute atomic E-state index is 10.8. The summed E-state index contributed by atoms with van der Waals surface area (Å²) in [5.41, 5.74) is 3.79. The van der Waals surface area contributed by atoms with Crippen LogP contribution in [0.3, 0.4) is 0 Å². The van der Waals surface area contributed by atoms with Gasteiger partial charge in [-0.3, -0.25) is 0 Å². The van der Waals surface area contributed by atoms with E-state index < -0.39 is 11.7 Å². The lowest BCUT2D eigenvalue weighted by molar-refractivity contribution is -0.113. The zero-order valence-electron chi connectivity index (χ0n) is 17.1. The highest BCUT2D eigenvalue weighted by Crippen LogP contribution is 2.38. The highest BCUT2D eigenvalue weighted by molar-refractivity contribution is 5.44. The molecule has 5 heteroatoms. The van der Waals surface area contributed by atoms with Gasteiger partial charge in [-0.15, -0.1) is 0 Å². The molecule has 0 aromatic heterocycles. The second-order valence-electron chi connectivity index (χ2n) is 8.70. The molecule has 0 amide bonds. The van der Waals surface area contributed by atoms with Gasteiger partial charge in [0.15, 0.2) is 0 Å². The van der Waals surface area contributed by atoms with E-state index in [0.717, 1.165) is 47.9 Å². The fourth-order valence-corrected chi connectivity index (χ4v) is 4.79. The van der Waals surface area contributed by atoms with Crippen molar-refractivity contribution in [3.63, 3.8) is 0 Å². The van der Waals surface area contributed by atoms with E-state index in [4.69, 9.17) is 4.74 Å². The van der Waals surface area contributed by atoms with E-state index in [1.165, 1.54) is 0 Å². The van der Waals surface area contributed by atoms with Gasteiger partial charge < -0.3 is 20.1 Å². The molecule has 1 saturated heterocycles. The fourth-order valence-electron chi connectivity index (χ4n) is 4.79. The monoisotopic (exact) mass is 407 g/mol. The van der Waals surface area contributed by atoms with Gasteiger partial charge in [0.2, 0.25) is 0 Å². The van der Waals surface area contributed by atoms with Crippen molar-refractivity contribution in [2.24, 2.45) is 0 Å². The minimum Gasteiger partial charge on any atom is -0.394 e. The Hall–Kier alpha value is -2.23. The van der Waals surface area contributed by atoms with E-state index in [2.05, 4.69) is 6.07 Å². The summed E-state index contributed by atoms with van der Waals surface area (Å²) in [5.74, 6) is 0. The zero-order valence-corrected chi connectivity index (χ0v) is 17.1. The molecule has 3 N–H and O–H groups in total. The van der Waals surface area contributed by atoms with Crippen molar-refractivity contribution in [2.45, 2.75) is 68.9 Å². The Morgan fingerprint density at radius 1 is 1.07 bits per heavy atom. The molecule has 0 spiro atoms. The van der Waals surface area contributed by atoms with E-state index in [1.807, 2.05) is 36.4 Å². The van der Waals surface area contributed by atoms with Crippen molar-refractivity contribution in [1.82, 2.24) is 0 Å². The lowest BCUT2D eigenvalue weighted by atomic mass is 9.89. The normalized spacial score (nSPS) is 25.7. The molecule has 0 bridgehead atoms. The Bertz CT molecular complexity index is 912. The van der Waals surface area contributed by atoms with Crippen molar-refractivity contribution in [2.75, 3.05) is 6.61 Å². The van der Waals surface area contributed by atoms with Crippen molar-refractivity contribution >= 4 is 0 Å². The van der Waals surface area contributed by atoms with Crippen LogP contribution in [-0.2, 0) is 16.8 Å². The molecule has 0 radical (unpaired) electrons. The smallest absolute Gasteiger partial charge is 0.0994 e. The van der Waals surface area contributed by atoms with Gasteiger partial charge in [0.1, 0.15) is 0 Å². The molecule has 5 nitrogen and oxygen atoms in total. The predicted molar refractivity (Wildman–Crippen MR) is 113 cm³/mol. The molecule has 1 heterocycles. The molecule has 2 fully saturated rings. The highest BCUT2D eigenvalue weighted by atomic mass is 16.5. The lowest BCUT2D eigenvalue weighted by Gasteiger charge is -2.32. The maximum Gasteiger partial charge on any atom is 0.0994 e. The van der Waals surface area contributed by atoms with Crippen molar-refractivity contribution in [3.8, 4) is 6.07 Å². The quantitative estimate of drug-likeness (QED) is 0.705. The number of hydrogen-bond acceptors (Lipinski definition) is 5. The topological polar surface area (TPSA) is 93.7 Å². The summed E-state index contributed by atoms with van der Waals surface area (Å²) in [6.07, 6.45) is 4.11. The van der Waals surface area contributed by atoms with E-state index in [0.29, 0.717) is 24.8 Å². The van der Waals surface area contributed by atoms with Crippen LogP contribution in [-0.4, -0.2) is 34.1 Å². The van der Waals surface area contributed by atoms with Crippen LogP contribution in [0.15, 0.2) is 42.5 Å². The molecule has 1 saturated carbocycles. The fraction of sp³-hybridized carbons (Fsp3) is 0.480. The Balaban J connectivity index is 1.55. The summed E-state index contributed by atoms with van der Waals surface area (Å²) in [7, 11) is 0. The second-order valence-corrected chi connectivity index (χ2v) is 8.70. The first-order valence-electron chi connectivity index (χ1n) is 10.8. The van der Waals surface area contributed by atoms with Crippen LogP contribution in [0.1, 0.15) is 72.4 Å². The molecular weight excluding hydrogens is 378 g/mol. The largest absolute Gasteiger partial charge is 0.394 e. The molecule has 1 aliphatic carbocycles. The number of ether oxygens (including phenoxy) is 1. The highest BCUT2D eigenvalue weighted by Gasteiger charge is 2.33. The van der Waals surface area contributed by atoms with Gasteiger partial charge in [-0.1, -0.05) is 49.2 Å². The number of nitrogens with zero attached hydrogens (tertiary/aromatic N) is 1. The van der Waals surface area contributed by atoms with E-state index in [1.54, 1.807) is 6.07 Å². The minimum absolute atomic E-state index is 0.116. The maximum atomic E-state index is 10.8. The van der Waals surface area contributed by atoms with Crippen LogP contribution in [0.2, 0.25) is 0 Å². The molecule has 2 aliphatic rings. The van der Waals surface area contributed by atoms with Crippen LogP contribution >= 0.6 is 0 Å². The third kappa shape index (κ3) is 4.43. The molecule has 158 valence electrons. The number of hydrogen-bond donors (Lipinski definition) is 3. The second kappa shape index (κ2) is 8.87. The first-order chi connectivity index (χ1) is 14.5. The number of benzene rings is 2. The third-order valence-electron chi connectivity index (χ3n) is 6.52. The summed E-state index contributed by atoms with van der Waals surface area (Å²) in [6.45, 7) is -0.116. The molecule has 2 aromatic rings. The average molecular weight is 408 g/mol. The van der Waals surface area contributed by atoms with Gasteiger partial charge in [-0.25, -0.2) is 0 Å². The molecule has 2 aromatic carbocycles. The number of rotatable bonds is 5. The van der Waals surface area contributed by atoms with Crippen molar-refractivity contribution in [1.29, 1.82) is 5.26 Å². The minimum atomic E-state index is -0.696. The van der Waals surface area contributed by atoms with Crippen LogP contribution in [0, 0.1) is 11.3 Å². The third-order valence-corrected chi connectivity index (χ3v) is 6.52. The lowest BCUT2D eigenvalue weighted by Crippen LogP contribution is -2.33.